The second kappa shape index (κ2) is 4.31. The number of aromatic amines is 1. The average molecular weight is 214 g/mol. The Bertz CT molecular complexity index is 494. The molecule has 0 spiro atoms. The van der Waals surface area contributed by atoms with Gasteiger partial charge in [0.25, 0.3) is 0 Å². The van der Waals surface area contributed by atoms with Gasteiger partial charge < -0.3 is 4.98 Å². The minimum Gasteiger partial charge on any atom is -0.340 e. The molecular formula is C13H14N2O. The smallest absolute Gasteiger partial charge is 0.167 e. The van der Waals surface area contributed by atoms with E-state index in [4.69, 9.17) is 0 Å². The van der Waals surface area contributed by atoms with Crippen LogP contribution in [0.5, 0.6) is 0 Å². The first kappa shape index (κ1) is 10.6. The summed E-state index contributed by atoms with van der Waals surface area (Å²) < 4.78 is 0. The minimum atomic E-state index is 0.527. The summed E-state index contributed by atoms with van der Waals surface area (Å²) in [6, 6.07) is 6.41. The van der Waals surface area contributed by atoms with Gasteiger partial charge in [-0.1, -0.05) is 29.3 Å². The summed E-state index contributed by atoms with van der Waals surface area (Å²) in [6.45, 7) is 4.16. The topological polar surface area (TPSA) is 45.8 Å². The van der Waals surface area contributed by atoms with E-state index in [1.54, 1.807) is 6.20 Å². The number of benzene rings is 1. The molecule has 0 aliphatic carbocycles. The lowest BCUT2D eigenvalue weighted by Crippen LogP contribution is -1.93. The molecule has 0 saturated heterocycles. The van der Waals surface area contributed by atoms with Crippen molar-refractivity contribution in [3.63, 3.8) is 0 Å². The van der Waals surface area contributed by atoms with Gasteiger partial charge in [0, 0.05) is 6.42 Å². The molecule has 0 aliphatic rings. The predicted octanol–water partition coefficient (Wildman–Crippen LogP) is 2.43. The van der Waals surface area contributed by atoms with Gasteiger partial charge in [0.15, 0.2) is 6.29 Å². The summed E-state index contributed by atoms with van der Waals surface area (Å²) in [6.07, 6.45) is 3.07. The third kappa shape index (κ3) is 2.37. The Morgan fingerprint density at radius 1 is 1.25 bits per heavy atom. The summed E-state index contributed by atoms with van der Waals surface area (Å²) in [5.74, 6) is 0.826. The van der Waals surface area contributed by atoms with Crippen LogP contribution in [0, 0.1) is 13.8 Å². The van der Waals surface area contributed by atoms with E-state index in [1.807, 2.05) is 0 Å². The van der Waals surface area contributed by atoms with E-state index in [0.29, 0.717) is 5.69 Å². The van der Waals surface area contributed by atoms with Crippen LogP contribution in [-0.4, -0.2) is 16.3 Å². The highest BCUT2D eigenvalue weighted by atomic mass is 16.1. The molecular weight excluding hydrogens is 200 g/mol. The number of hydrogen-bond donors (Lipinski definition) is 1. The van der Waals surface area contributed by atoms with Crippen molar-refractivity contribution in [3.8, 4) is 0 Å². The molecule has 0 aliphatic heterocycles. The van der Waals surface area contributed by atoms with Crippen molar-refractivity contribution in [2.75, 3.05) is 0 Å². The lowest BCUT2D eigenvalue weighted by molar-refractivity contribution is 0.111. The van der Waals surface area contributed by atoms with Crippen molar-refractivity contribution in [2.45, 2.75) is 20.3 Å². The van der Waals surface area contributed by atoms with Crippen LogP contribution in [0.1, 0.15) is 33.0 Å². The van der Waals surface area contributed by atoms with E-state index in [0.717, 1.165) is 18.5 Å². The highest BCUT2D eigenvalue weighted by Crippen LogP contribution is 2.12. The fourth-order valence-electron chi connectivity index (χ4n) is 1.89. The van der Waals surface area contributed by atoms with Crippen LogP contribution < -0.4 is 0 Å². The molecule has 1 aromatic carbocycles. The molecule has 0 saturated carbocycles. The maximum absolute atomic E-state index is 10.5. The molecule has 0 fully saturated rings. The van der Waals surface area contributed by atoms with Crippen molar-refractivity contribution in [3.05, 3.63) is 52.6 Å². The van der Waals surface area contributed by atoms with Crippen molar-refractivity contribution in [1.82, 2.24) is 9.97 Å². The fourth-order valence-corrected chi connectivity index (χ4v) is 1.89. The number of carbonyl (C=O) groups excluding carboxylic acids is 1. The first-order chi connectivity index (χ1) is 7.67. The molecule has 0 unspecified atom stereocenters. The molecule has 2 rings (SSSR count). The van der Waals surface area contributed by atoms with Crippen molar-refractivity contribution in [2.24, 2.45) is 0 Å². The quantitative estimate of drug-likeness (QED) is 0.797. The van der Waals surface area contributed by atoms with E-state index in [9.17, 15) is 4.79 Å². The zero-order chi connectivity index (χ0) is 11.5. The van der Waals surface area contributed by atoms with Crippen LogP contribution in [0.4, 0.5) is 0 Å². The van der Waals surface area contributed by atoms with Gasteiger partial charge >= 0.3 is 0 Å². The number of rotatable bonds is 3. The molecule has 0 atom stereocenters. The molecule has 0 radical (unpaired) electrons. The van der Waals surface area contributed by atoms with E-state index in [-0.39, 0.29) is 0 Å². The summed E-state index contributed by atoms with van der Waals surface area (Å²) in [5, 5.41) is 0. The Morgan fingerprint density at radius 3 is 2.50 bits per heavy atom. The van der Waals surface area contributed by atoms with Crippen LogP contribution >= 0.6 is 0 Å². The minimum absolute atomic E-state index is 0.527. The van der Waals surface area contributed by atoms with Gasteiger partial charge in [-0.15, -0.1) is 0 Å². The summed E-state index contributed by atoms with van der Waals surface area (Å²) in [4.78, 5) is 17.6. The number of carbonyl (C=O) groups is 1. The Kier molecular flexibility index (Phi) is 2.86. The molecule has 16 heavy (non-hydrogen) atoms. The molecule has 1 heterocycles. The molecule has 3 heteroatoms. The van der Waals surface area contributed by atoms with Gasteiger partial charge in [-0.3, -0.25) is 4.79 Å². The SMILES string of the molecule is Cc1cc(C)cc(Cc2ncc(C=O)[nH]2)c1. The number of aryl methyl sites for hydroxylation is 2. The van der Waals surface area contributed by atoms with E-state index in [1.165, 1.54) is 16.7 Å². The largest absolute Gasteiger partial charge is 0.340 e. The number of H-pyrrole nitrogens is 1. The van der Waals surface area contributed by atoms with E-state index in [2.05, 4.69) is 42.0 Å². The highest BCUT2D eigenvalue weighted by Gasteiger charge is 2.02. The number of aromatic nitrogens is 2. The monoisotopic (exact) mass is 214 g/mol. The lowest BCUT2D eigenvalue weighted by atomic mass is 10.1. The zero-order valence-electron chi connectivity index (χ0n) is 9.45. The molecule has 0 bridgehead atoms. The third-order valence-corrected chi connectivity index (χ3v) is 2.43. The molecule has 82 valence electrons. The van der Waals surface area contributed by atoms with Crippen LogP contribution in [0.3, 0.4) is 0 Å². The van der Waals surface area contributed by atoms with Crippen molar-refractivity contribution < 1.29 is 4.79 Å². The Labute approximate surface area is 94.5 Å². The van der Waals surface area contributed by atoms with Gasteiger partial charge in [0.1, 0.15) is 5.82 Å². The summed E-state index contributed by atoms with van der Waals surface area (Å²) in [5.41, 5.74) is 4.23. The number of nitrogens with zero attached hydrogens (tertiary/aromatic N) is 1. The number of aldehydes is 1. The van der Waals surface area contributed by atoms with Gasteiger partial charge in [0.2, 0.25) is 0 Å². The first-order valence-electron chi connectivity index (χ1n) is 5.23. The van der Waals surface area contributed by atoms with Crippen LogP contribution in [0.25, 0.3) is 0 Å². The number of nitrogens with one attached hydrogen (secondary N) is 1. The zero-order valence-corrected chi connectivity index (χ0v) is 9.45. The van der Waals surface area contributed by atoms with Crippen molar-refractivity contribution in [1.29, 1.82) is 0 Å². The first-order valence-corrected chi connectivity index (χ1v) is 5.23. The molecule has 1 aromatic heterocycles. The van der Waals surface area contributed by atoms with E-state index >= 15 is 0 Å². The Hall–Kier alpha value is -1.90. The van der Waals surface area contributed by atoms with Crippen LogP contribution in [0.2, 0.25) is 0 Å². The van der Waals surface area contributed by atoms with Gasteiger partial charge in [-0.2, -0.15) is 0 Å². The maximum atomic E-state index is 10.5. The molecule has 0 amide bonds. The fraction of sp³-hybridized carbons (Fsp3) is 0.231. The highest BCUT2D eigenvalue weighted by molar-refractivity contribution is 5.71. The molecule has 1 N–H and O–H groups in total. The summed E-state index contributed by atoms with van der Waals surface area (Å²) in [7, 11) is 0. The molecule has 3 nitrogen and oxygen atoms in total. The average Bonchev–Trinajstić information content (AvgIpc) is 2.64. The maximum Gasteiger partial charge on any atom is 0.167 e. The van der Waals surface area contributed by atoms with Gasteiger partial charge in [-0.25, -0.2) is 4.98 Å². The normalized spacial score (nSPS) is 10.4. The Morgan fingerprint density at radius 2 is 1.94 bits per heavy atom. The molecule has 2 aromatic rings. The second-order valence-corrected chi connectivity index (χ2v) is 4.08. The van der Waals surface area contributed by atoms with Crippen LogP contribution in [-0.2, 0) is 6.42 Å². The standard InChI is InChI=1S/C13H14N2O/c1-9-3-10(2)5-11(4-9)6-13-14-7-12(8-16)15-13/h3-5,7-8H,6H2,1-2H3,(H,14,15). The van der Waals surface area contributed by atoms with Gasteiger partial charge in [0.05, 0.1) is 11.9 Å². The van der Waals surface area contributed by atoms with Crippen molar-refractivity contribution >= 4 is 6.29 Å². The number of imidazole rings is 1. The summed E-state index contributed by atoms with van der Waals surface area (Å²) >= 11 is 0. The third-order valence-electron chi connectivity index (χ3n) is 2.43. The lowest BCUT2D eigenvalue weighted by Gasteiger charge is -2.02. The Balaban J connectivity index is 2.22. The van der Waals surface area contributed by atoms with Gasteiger partial charge in [-0.05, 0) is 19.4 Å². The van der Waals surface area contributed by atoms with E-state index < -0.39 is 0 Å². The van der Waals surface area contributed by atoms with Crippen LogP contribution in [0.15, 0.2) is 24.4 Å². The number of hydrogen-bond acceptors (Lipinski definition) is 2. The second-order valence-electron chi connectivity index (χ2n) is 4.08. The predicted molar refractivity (Wildman–Crippen MR) is 62.7 cm³/mol.